The number of hydrogen-bond acceptors (Lipinski definition) is 4. The van der Waals surface area contributed by atoms with Crippen LogP contribution in [0, 0.1) is 0 Å². The summed E-state index contributed by atoms with van der Waals surface area (Å²) in [6.45, 7) is 7.17. The molecule has 1 heterocycles. The summed E-state index contributed by atoms with van der Waals surface area (Å²) < 4.78 is 0. The van der Waals surface area contributed by atoms with Gasteiger partial charge in [-0.3, -0.25) is 19.9 Å². The van der Waals surface area contributed by atoms with Crippen LogP contribution in [0.15, 0.2) is 12.1 Å². The molecular formula is C22H33N3O3. The molecule has 2 aliphatic rings. The van der Waals surface area contributed by atoms with Crippen molar-refractivity contribution < 1.29 is 14.7 Å². The molecule has 0 bridgehead atoms. The van der Waals surface area contributed by atoms with E-state index < -0.39 is 6.03 Å². The van der Waals surface area contributed by atoms with E-state index in [1.54, 1.807) is 4.90 Å². The third kappa shape index (κ3) is 4.49. The van der Waals surface area contributed by atoms with E-state index in [0.29, 0.717) is 24.9 Å². The Balaban J connectivity index is 1.94. The second kappa shape index (κ2) is 8.11. The highest BCUT2D eigenvalue weighted by atomic mass is 16.3. The van der Waals surface area contributed by atoms with Crippen LogP contribution in [0.3, 0.4) is 0 Å². The average molecular weight is 388 g/mol. The minimum absolute atomic E-state index is 0.242. The molecule has 1 saturated heterocycles. The van der Waals surface area contributed by atoms with Crippen LogP contribution in [0.4, 0.5) is 10.5 Å². The van der Waals surface area contributed by atoms with Gasteiger partial charge >= 0.3 is 6.03 Å². The molecule has 0 aromatic heterocycles. The molecule has 0 atom stereocenters. The Labute approximate surface area is 167 Å². The average Bonchev–Trinajstić information content (AvgIpc) is 2.63. The summed E-state index contributed by atoms with van der Waals surface area (Å²) in [4.78, 5) is 27.8. The first-order valence-corrected chi connectivity index (χ1v) is 10.3. The number of anilines is 1. The Morgan fingerprint density at radius 2 is 1.86 bits per heavy atom. The first kappa shape index (κ1) is 20.6. The van der Waals surface area contributed by atoms with Crippen molar-refractivity contribution in [3.63, 3.8) is 0 Å². The summed E-state index contributed by atoms with van der Waals surface area (Å²) in [5, 5.41) is 13.4. The van der Waals surface area contributed by atoms with Crippen LogP contribution in [-0.4, -0.2) is 41.6 Å². The monoisotopic (exact) mass is 387 g/mol. The zero-order valence-corrected chi connectivity index (χ0v) is 17.5. The fourth-order valence-electron chi connectivity index (χ4n) is 4.26. The Bertz CT molecular complexity index is 748. The number of hydrogen-bond donors (Lipinski definition) is 2. The van der Waals surface area contributed by atoms with Crippen molar-refractivity contribution in [3.05, 3.63) is 23.3 Å². The number of rotatable bonds is 4. The fourth-order valence-corrected chi connectivity index (χ4v) is 4.26. The maximum Gasteiger partial charge on any atom is 0.328 e. The molecule has 3 rings (SSSR count). The van der Waals surface area contributed by atoms with Crippen LogP contribution >= 0.6 is 0 Å². The number of phenolic OH excluding ortho intramolecular Hbond substituents is 1. The van der Waals surface area contributed by atoms with Gasteiger partial charge in [-0.15, -0.1) is 0 Å². The van der Waals surface area contributed by atoms with E-state index in [9.17, 15) is 14.7 Å². The number of nitrogens with one attached hydrogen (secondary N) is 1. The second-order valence-corrected chi connectivity index (χ2v) is 9.21. The highest BCUT2D eigenvalue weighted by Crippen LogP contribution is 2.38. The number of carbonyl (C=O) groups is 2. The number of imide groups is 1. The maximum absolute atomic E-state index is 12.4. The smallest absolute Gasteiger partial charge is 0.328 e. The van der Waals surface area contributed by atoms with Crippen LogP contribution in [0.2, 0.25) is 0 Å². The lowest BCUT2D eigenvalue weighted by Crippen LogP contribution is -2.49. The molecule has 0 unspecified atom stereocenters. The van der Waals surface area contributed by atoms with Crippen LogP contribution in [0.1, 0.15) is 70.4 Å². The van der Waals surface area contributed by atoms with Crippen LogP contribution in [0.5, 0.6) is 5.75 Å². The van der Waals surface area contributed by atoms with Gasteiger partial charge in [-0.2, -0.15) is 0 Å². The Hall–Kier alpha value is -2.08. The molecule has 2 N–H and O–H groups in total. The highest BCUT2D eigenvalue weighted by Gasteiger charge is 2.29. The Morgan fingerprint density at radius 1 is 1.18 bits per heavy atom. The van der Waals surface area contributed by atoms with E-state index in [2.05, 4.69) is 38.0 Å². The summed E-state index contributed by atoms with van der Waals surface area (Å²) in [5.41, 5.74) is 2.13. The third-order valence-electron chi connectivity index (χ3n) is 5.97. The summed E-state index contributed by atoms with van der Waals surface area (Å²) in [6.07, 6.45) is 6.50. The molecule has 6 heteroatoms. The van der Waals surface area contributed by atoms with Gasteiger partial charge in [0, 0.05) is 42.4 Å². The van der Waals surface area contributed by atoms with Gasteiger partial charge in [-0.05, 0) is 37.4 Å². The Kier molecular flexibility index (Phi) is 5.98. The predicted octanol–water partition coefficient (Wildman–Crippen LogP) is 3.90. The van der Waals surface area contributed by atoms with E-state index in [1.165, 1.54) is 32.1 Å². The van der Waals surface area contributed by atoms with Gasteiger partial charge in [0.15, 0.2) is 0 Å². The van der Waals surface area contributed by atoms with Gasteiger partial charge in [0.1, 0.15) is 5.75 Å². The van der Waals surface area contributed by atoms with Crippen LogP contribution in [0.25, 0.3) is 0 Å². The zero-order chi connectivity index (χ0) is 20.5. The first-order chi connectivity index (χ1) is 13.2. The first-order valence-electron chi connectivity index (χ1n) is 10.3. The SMILES string of the molecule is CN(Cc1cc(N2CCC(=O)NC2=O)cc(C(C)(C)C)c1O)C1CCCCC1. The van der Waals surface area contributed by atoms with Gasteiger partial charge < -0.3 is 5.11 Å². The summed E-state index contributed by atoms with van der Waals surface area (Å²) in [6, 6.07) is 3.92. The molecule has 28 heavy (non-hydrogen) atoms. The maximum atomic E-state index is 12.4. The van der Waals surface area contributed by atoms with Gasteiger partial charge in [-0.1, -0.05) is 40.0 Å². The number of urea groups is 1. The number of aromatic hydroxyl groups is 1. The summed E-state index contributed by atoms with van der Waals surface area (Å²) in [5.74, 6) is 0.0701. The highest BCUT2D eigenvalue weighted by molar-refractivity contribution is 6.05. The lowest BCUT2D eigenvalue weighted by Gasteiger charge is -2.33. The molecule has 0 spiro atoms. The van der Waals surface area contributed by atoms with Crippen molar-refractivity contribution in [3.8, 4) is 5.75 Å². The molecule has 154 valence electrons. The molecule has 1 aliphatic heterocycles. The lowest BCUT2D eigenvalue weighted by atomic mass is 9.84. The number of carbonyl (C=O) groups excluding carboxylic acids is 2. The lowest BCUT2D eigenvalue weighted by molar-refractivity contribution is -0.120. The van der Waals surface area contributed by atoms with Crippen LogP contribution in [-0.2, 0) is 16.8 Å². The predicted molar refractivity (Wildman–Crippen MR) is 111 cm³/mol. The van der Waals surface area contributed by atoms with Crippen LogP contribution < -0.4 is 10.2 Å². The van der Waals surface area contributed by atoms with Crippen molar-refractivity contribution >= 4 is 17.6 Å². The molecule has 1 aliphatic carbocycles. The van der Waals surface area contributed by atoms with Crippen molar-refractivity contribution in [2.75, 3.05) is 18.5 Å². The van der Waals surface area contributed by atoms with Crippen molar-refractivity contribution in [2.24, 2.45) is 0 Å². The minimum atomic E-state index is -0.395. The quantitative estimate of drug-likeness (QED) is 0.822. The number of amides is 3. The standard InChI is InChI=1S/C22H33N3O3/c1-22(2,3)18-13-17(25-11-10-19(26)23-21(25)28)12-15(20(18)27)14-24(4)16-8-6-5-7-9-16/h12-13,16,27H,5-11,14H2,1-4H3,(H,23,26,28). The van der Waals surface area contributed by atoms with E-state index >= 15 is 0 Å². The number of benzene rings is 1. The molecule has 2 fully saturated rings. The van der Waals surface area contributed by atoms with Gasteiger partial charge in [-0.25, -0.2) is 4.79 Å². The Morgan fingerprint density at radius 3 is 2.46 bits per heavy atom. The molecule has 0 radical (unpaired) electrons. The number of nitrogens with zero attached hydrogens (tertiary/aromatic N) is 2. The van der Waals surface area contributed by atoms with Gasteiger partial charge in [0.25, 0.3) is 0 Å². The molecule has 1 aromatic carbocycles. The van der Waals surface area contributed by atoms with E-state index in [1.807, 2.05) is 12.1 Å². The second-order valence-electron chi connectivity index (χ2n) is 9.21. The van der Waals surface area contributed by atoms with Gasteiger partial charge in [0.05, 0.1) is 0 Å². The zero-order valence-electron chi connectivity index (χ0n) is 17.5. The topological polar surface area (TPSA) is 72.9 Å². The fraction of sp³-hybridized carbons (Fsp3) is 0.636. The molecular weight excluding hydrogens is 354 g/mol. The molecule has 1 aromatic rings. The molecule has 6 nitrogen and oxygen atoms in total. The summed E-state index contributed by atoms with van der Waals surface area (Å²) in [7, 11) is 2.12. The molecule has 3 amide bonds. The van der Waals surface area contributed by atoms with E-state index in [-0.39, 0.29) is 17.7 Å². The van der Waals surface area contributed by atoms with Gasteiger partial charge in [0.2, 0.25) is 5.91 Å². The van der Waals surface area contributed by atoms with Crippen molar-refractivity contribution in [1.82, 2.24) is 10.2 Å². The largest absolute Gasteiger partial charge is 0.507 e. The normalized spacial score (nSPS) is 19.2. The van der Waals surface area contributed by atoms with E-state index in [0.717, 1.165) is 16.8 Å². The third-order valence-corrected chi connectivity index (χ3v) is 5.97. The number of phenols is 1. The van der Waals surface area contributed by atoms with E-state index in [4.69, 9.17) is 0 Å². The minimum Gasteiger partial charge on any atom is -0.507 e. The summed E-state index contributed by atoms with van der Waals surface area (Å²) >= 11 is 0. The molecule has 1 saturated carbocycles. The van der Waals surface area contributed by atoms with Crippen molar-refractivity contribution in [1.29, 1.82) is 0 Å². The van der Waals surface area contributed by atoms with Crippen molar-refractivity contribution in [2.45, 2.75) is 77.3 Å².